The van der Waals surface area contributed by atoms with E-state index in [0.29, 0.717) is 22.6 Å². The van der Waals surface area contributed by atoms with Gasteiger partial charge in [-0.1, -0.05) is 48.5 Å². The highest BCUT2D eigenvalue weighted by Crippen LogP contribution is 2.15. The second-order valence-electron chi connectivity index (χ2n) is 6.59. The zero-order valence-corrected chi connectivity index (χ0v) is 16.9. The summed E-state index contributed by atoms with van der Waals surface area (Å²) in [6, 6.07) is 24.1. The molecule has 0 aliphatic heterocycles. The van der Waals surface area contributed by atoms with Gasteiger partial charge in [0.05, 0.1) is 12.0 Å². The minimum atomic E-state index is -0.516. The van der Waals surface area contributed by atoms with E-state index in [-0.39, 0.29) is 31.8 Å². The average Bonchev–Trinajstić information content (AvgIpc) is 2.82. The number of hydrogen-bond acceptors (Lipinski definition) is 6. The molecule has 0 heterocycles. The Kier molecular flexibility index (Phi) is 7.94. The highest BCUT2D eigenvalue weighted by molar-refractivity contribution is 5.97. The van der Waals surface area contributed by atoms with E-state index in [1.165, 1.54) is 24.3 Å². The molecule has 0 aromatic heterocycles. The van der Waals surface area contributed by atoms with Gasteiger partial charge in [0.25, 0.3) is 0 Å². The number of carbonyl (C=O) groups is 3. The van der Waals surface area contributed by atoms with E-state index in [1.807, 2.05) is 36.4 Å². The Morgan fingerprint density at radius 3 is 1.94 bits per heavy atom. The minimum Gasteiger partial charge on any atom is -0.490 e. The van der Waals surface area contributed by atoms with Crippen molar-refractivity contribution in [3.63, 3.8) is 0 Å². The van der Waals surface area contributed by atoms with Crippen LogP contribution in [0.2, 0.25) is 0 Å². The molecule has 3 rings (SSSR count). The third-order valence-electron chi connectivity index (χ3n) is 4.30. The molecule has 3 aromatic carbocycles. The van der Waals surface area contributed by atoms with Crippen LogP contribution in [0.4, 0.5) is 0 Å². The summed E-state index contributed by atoms with van der Waals surface area (Å²) >= 11 is 0. The number of hydrogen-bond donors (Lipinski definition) is 0. The predicted molar refractivity (Wildman–Crippen MR) is 114 cm³/mol. The first-order chi connectivity index (χ1) is 15.1. The van der Waals surface area contributed by atoms with E-state index in [1.54, 1.807) is 24.3 Å². The second kappa shape index (κ2) is 11.3. The van der Waals surface area contributed by atoms with Crippen LogP contribution in [-0.2, 0) is 9.53 Å². The van der Waals surface area contributed by atoms with E-state index in [2.05, 4.69) is 0 Å². The molecule has 0 aliphatic rings. The van der Waals surface area contributed by atoms with Crippen molar-refractivity contribution in [2.45, 2.75) is 12.8 Å². The normalized spacial score (nSPS) is 10.2. The van der Waals surface area contributed by atoms with Gasteiger partial charge in [-0.15, -0.1) is 0 Å². The van der Waals surface area contributed by atoms with E-state index in [4.69, 9.17) is 14.2 Å². The van der Waals surface area contributed by atoms with Crippen molar-refractivity contribution in [1.29, 1.82) is 0 Å². The lowest BCUT2D eigenvalue weighted by molar-refractivity contribution is -0.134. The first kappa shape index (κ1) is 21.8. The van der Waals surface area contributed by atoms with E-state index < -0.39 is 11.9 Å². The van der Waals surface area contributed by atoms with Gasteiger partial charge in [0.2, 0.25) is 0 Å². The second-order valence-corrected chi connectivity index (χ2v) is 6.59. The van der Waals surface area contributed by atoms with E-state index >= 15 is 0 Å². The molecule has 6 nitrogen and oxygen atoms in total. The highest BCUT2D eigenvalue weighted by Gasteiger charge is 2.12. The third kappa shape index (κ3) is 7.12. The van der Waals surface area contributed by atoms with Crippen molar-refractivity contribution in [3.05, 3.63) is 96.1 Å². The standard InChI is InChI=1S/C25H22O6/c26-23(19-7-3-1-4-8-19)15-16-24(27)31-22-13-11-20(12-14-22)25(28)30-18-17-29-21-9-5-2-6-10-21/h1-14H,15-18H2. The highest BCUT2D eigenvalue weighted by atomic mass is 16.6. The Labute approximate surface area is 180 Å². The summed E-state index contributed by atoms with van der Waals surface area (Å²) in [5, 5.41) is 0. The van der Waals surface area contributed by atoms with Gasteiger partial charge in [0, 0.05) is 12.0 Å². The van der Waals surface area contributed by atoms with Crippen molar-refractivity contribution in [1.82, 2.24) is 0 Å². The van der Waals surface area contributed by atoms with Crippen molar-refractivity contribution in [2.75, 3.05) is 13.2 Å². The van der Waals surface area contributed by atoms with Gasteiger partial charge < -0.3 is 14.2 Å². The molecule has 0 unspecified atom stereocenters. The van der Waals surface area contributed by atoms with Gasteiger partial charge in [-0.05, 0) is 36.4 Å². The van der Waals surface area contributed by atoms with Gasteiger partial charge in [0.15, 0.2) is 5.78 Å². The van der Waals surface area contributed by atoms with Crippen LogP contribution in [0.5, 0.6) is 11.5 Å². The van der Waals surface area contributed by atoms with Crippen LogP contribution in [0.15, 0.2) is 84.9 Å². The predicted octanol–water partition coefficient (Wildman–Crippen LogP) is 4.49. The molecule has 158 valence electrons. The van der Waals surface area contributed by atoms with Crippen molar-refractivity contribution in [2.24, 2.45) is 0 Å². The number of para-hydroxylation sites is 1. The van der Waals surface area contributed by atoms with Gasteiger partial charge in [0.1, 0.15) is 24.7 Å². The SMILES string of the molecule is O=C(CCC(=O)c1ccccc1)Oc1ccc(C(=O)OCCOc2ccccc2)cc1. The fourth-order valence-corrected chi connectivity index (χ4v) is 2.72. The summed E-state index contributed by atoms with van der Waals surface area (Å²) in [5.41, 5.74) is 0.895. The van der Waals surface area contributed by atoms with Crippen molar-refractivity contribution < 1.29 is 28.6 Å². The largest absolute Gasteiger partial charge is 0.490 e. The average molecular weight is 418 g/mol. The van der Waals surface area contributed by atoms with Gasteiger partial charge in [-0.25, -0.2) is 4.79 Å². The zero-order valence-electron chi connectivity index (χ0n) is 16.9. The monoisotopic (exact) mass is 418 g/mol. The van der Waals surface area contributed by atoms with Crippen LogP contribution in [0.1, 0.15) is 33.6 Å². The molecule has 31 heavy (non-hydrogen) atoms. The topological polar surface area (TPSA) is 78.9 Å². The van der Waals surface area contributed by atoms with E-state index in [0.717, 1.165) is 0 Å². The lowest BCUT2D eigenvalue weighted by Crippen LogP contribution is -2.13. The molecule has 0 N–H and O–H groups in total. The van der Waals surface area contributed by atoms with Crippen molar-refractivity contribution in [3.8, 4) is 11.5 Å². The van der Waals surface area contributed by atoms with Crippen LogP contribution < -0.4 is 9.47 Å². The Balaban J connectivity index is 1.39. The molecular weight excluding hydrogens is 396 g/mol. The molecule has 0 atom stereocenters. The molecular formula is C25H22O6. The Morgan fingerprint density at radius 2 is 1.26 bits per heavy atom. The summed E-state index contributed by atoms with van der Waals surface area (Å²) in [5.74, 6) is -0.135. The van der Waals surface area contributed by atoms with Gasteiger partial charge >= 0.3 is 11.9 Å². The zero-order chi connectivity index (χ0) is 21.9. The van der Waals surface area contributed by atoms with Crippen LogP contribution in [0.3, 0.4) is 0 Å². The number of Topliss-reactive ketones (excluding diaryl/α,β-unsaturated/α-hetero) is 1. The first-order valence-electron chi connectivity index (χ1n) is 9.86. The summed E-state index contributed by atoms with van der Waals surface area (Å²) in [7, 11) is 0. The molecule has 0 fully saturated rings. The maximum absolute atomic E-state index is 12.1. The molecule has 0 saturated heterocycles. The molecule has 3 aromatic rings. The molecule has 0 aliphatic carbocycles. The maximum atomic E-state index is 12.1. The quantitative estimate of drug-likeness (QED) is 0.209. The first-order valence-corrected chi connectivity index (χ1v) is 9.86. The Morgan fingerprint density at radius 1 is 0.613 bits per heavy atom. The summed E-state index contributed by atoms with van der Waals surface area (Å²) < 4.78 is 15.9. The number of benzene rings is 3. The number of ether oxygens (including phenoxy) is 3. The Hall–Kier alpha value is -3.93. The Bertz CT molecular complexity index is 997. The van der Waals surface area contributed by atoms with Crippen LogP contribution in [0, 0.1) is 0 Å². The van der Waals surface area contributed by atoms with E-state index in [9.17, 15) is 14.4 Å². The number of esters is 2. The molecule has 0 bridgehead atoms. The van der Waals surface area contributed by atoms with Gasteiger partial charge in [-0.3, -0.25) is 9.59 Å². The van der Waals surface area contributed by atoms with Crippen LogP contribution in [-0.4, -0.2) is 30.9 Å². The molecule has 0 radical (unpaired) electrons. The van der Waals surface area contributed by atoms with Crippen LogP contribution >= 0.6 is 0 Å². The summed E-state index contributed by atoms with van der Waals surface area (Å²) in [6.45, 7) is 0.354. The number of rotatable bonds is 10. The molecule has 0 spiro atoms. The summed E-state index contributed by atoms with van der Waals surface area (Å²) in [4.78, 5) is 36.1. The summed E-state index contributed by atoms with van der Waals surface area (Å²) in [6.07, 6.45) is 0.0389. The molecule has 0 amide bonds. The molecule has 6 heteroatoms. The fourth-order valence-electron chi connectivity index (χ4n) is 2.72. The van der Waals surface area contributed by atoms with Crippen molar-refractivity contribution >= 4 is 17.7 Å². The smallest absolute Gasteiger partial charge is 0.338 e. The van der Waals surface area contributed by atoms with Gasteiger partial charge in [-0.2, -0.15) is 0 Å². The van der Waals surface area contributed by atoms with Crippen LogP contribution in [0.25, 0.3) is 0 Å². The number of ketones is 1. The lowest BCUT2D eigenvalue weighted by Gasteiger charge is -2.08. The number of carbonyl (C=O) groups excluding carboxylic acids is 3. The third-order valence-corrected chi connectivity index (χ3v) is 4.30. The molecule has 0 saturated carbocycles. The lowest BCUT2D eigenvalue weighted by atomic mass is 10.1. The maximum Gasteiger partial charge on any atom is 0.338 e. The minimum absolute atomic E-state index is 0.0288. The fraction of sp³-hybridized carbons (Fsp3) is 0.160.